The zero-order chi connectivity index (χ0) is 32.7. The summed E-state index contributed by atoms with van der Waals surface area (Å²) >= 11 is 0. The summed E-state index contributed by atoms with van der Waals surface area (Å²) in [5, 5.41) is 29.3. The summed E-state index contributed by atoms with van der Waals surface area (Å²) in [4.78, 5) is 37.2. The van der Waals surface area contributed by atoms with Crippen molar-refractivity contribution >= 4 is 17.7 Å². The number of aliphatic hydroxyl groups excluding tert-OH is 3. The SMILES string of the molecule is CCCCCCCC/C=C\CCCCCCCC(=O)O[C@@H](C(=O)COC(=O)CCCCCCCCCCC)[C@@H](O)[C@H](O)CO. The van der Waals surface area contributed by atoms with Gasteiger partial charge >= 0.3 is 11.9 Å². The predicted octanol–water partition coefficient (Wildman–Crippen LogP) is 7.68. The third-order valence-electron chi connectivity index (χ3n) is 7.97. The van der Waals surface area contributed by atoms with Gasteiger partial charge in [0.15, 0.2) is 12.7 Å². The average molecular weight is 627 g/mol. The van der Waals surface area contributed by atoms with Gasteiger partial charge in [-0.25, -0.2) is 0 Å². The predicted molar refractivity (Wildman–Crippen MR) is 176 cm³/mol. The van der Waals surface area contributed by atoms with Crippen LogP contribution in [0.2, 0.25) is 0 Å². The van der Waals surface area contributed by atoms with Crippen LogP contribution in [0.25, 0.3) is 0 Å². The van der Waals surface area contributed by atoms with Gasteiger partial charge in [-0.3, -0.25) is 14.4 Å². The lowest BCUT2D eigenvalue weighted by atomic mass is 10.0. The number of hydrogen-bond acceptors (Lipinski definition) is 8. The fraction of sp³-hybridized carbons (Fsp3) is 0.861. The van der Waals surface area contributed by atoms with Crippen molar-refractivity contribution in [1.82, 2.24) is 0 Å². The molecule has 0 radical (unpaired) electrons. The molecule has 3 atom stereocenters. The number of aliphatic hydroxyl groups is 3. The van der Waals surface area contributed by atoms with Gasteiger partial charge in [-0.1, -0.05) is 129 Å². The number of esters is 2. The highest BCUT2D eigenvalue weighted by molar-refractivity contribution is 5.88. The Labute approximate surface area is 268 Å². The number of carbonyl (C=O) groups excluding carboxylic acids is 3. The molecular formula is C36H66O8. The van der Waals surface area contributed by atoms with Gasteiger partial charge in [0, 0.05) is 12.8 Å². The lowest BCUT2D eigenvalue weighted by Crippen LogP contribution is -2.47. The van der Waals surface area contributed by atoms with Gasteiger partial charge in [-0.05, 0) is 38.5 Å². The highest BCUT2D eigenvalue weighted by Crippen LogP contribution is 2.14. The van der Waals surface area contributed by atoms with E-state index in [2.05, 4.69) is 26.0 Å². The highest BCUT2D eigenvalue weighted by atomic mass is 16.6. The number of ether oxygens (including phenoxy) is 2. The Balaban J connectivity index is 4.18. The minimum atomic E-state index is -1.82. The summed E-state index contributed by atoms with van der Waals surface area (Å²) in [7, 11) is 0. The monoisotopic (exact) mass is 626 g/mol. The Morgan fingerprint density at radius 1 is 0.591 bits per heavy atom. The molecular weight excluding hydrogens is 560 g/mol. The molecule has 258 valence electrons. The summed E-state index contributed by atoms with van der Waals surface area (Å²) in [6, 6.07) is 0. The molecule has 0 unspecified atom stereocenters. The molecule has 0 saturated heterocycles. The fourth-order valence-corrected chi connectivity index (χ4v) is 5.06. The third kappa shape index (κ3) is 25.5. The Kier molecular flexibility index (Phi) is 30.0. The van der Waals surface area contributed by atoms with E-state index in [1.165, 1.54) is 70.6 Å². The molecule has 0 aromatic carbocycles. The van der Waals surface area contributed by atoms with Gasteiger partial charge < -0.3 is 24.8 Å². The second-order valence-corrected chi connectivity index (χ2v) is 12.2. The van der Waals surface area contributed by atoms with Crippen molar-refractivity contribution in [2.45, 2.75) is 186 Å². The summed E-state index contributed by atoms with van der Waals surface area (Å²) in [6.07, 6.45) is 24.3. The lowest BCUT2D eigenvalue weighted by molar-refractivity contribution is -0.171. The second-order valence-electron chi connectivity index (χ2n) is 12.2. The fourth-order valence-electron chi connectivity index (χ4n) is 5.06. The molecule has 0 saturated carbocycles. The number of rotatable bonds is 32. The van der Waals surface area contributed by atoms with Crippen LogP contribution < -0.4 is 0 Å². The maximum absolute atomic E-state index is 12.7. The van der Waals surface area contributed by atoms with Crippen LogP contribution in [0.15, 0.2) is 12.2 Å². The molecule has 8 nitrogen and oxygen atoms in total. The summed E-state index contributed by atoms with van der Waals surface area (Å²) < 4.78 is 10.3. The van der Waals surface area contributed by atoms with E-state index in [1.807, 2.05) is 0 Å². The van der Waals surface area contributed by atoms with Crippen LogP contribution >= 0.6 is 0 Å². The molecule has 0 aromatic rings. The van der Waals surface area contributed by atoms with E-state index < -0.39 is 49.2 Å². The van der Waals surface area contributed by atoms with Crippen LogP contribution in [0.3, 0.4) is 0 Å². The first-order valence-corrected chi connectivity index (χ1v) is 17.9. The summed E-state index contributed by atoms with van der Waals surface area (Å²) in [5.74, 6) is -2.04. The highest BCUT2D eigenvalue weighted by Gasteiger charge is 2.35. The zero-order valence-electron chi connectivity index (χ0n) is 28.2. The Morgan fingerprint density at radius 2 is 1.00 bits per heavy atom. The number of ketones is 1. The summed E-state index contributed by atoms with van der Waals surface area (Å²) in [6.45, 7) is 2.95. The van der Waals surface area contributed by atoms with E-state index >= 15 is 0 Å². The van der Waals surface area contributed by atoms with Gasteiger partial charge in [-0.2, -0.15) is 0 Å². The first kappa shape index (κ1) is 42.2. The third-order valence-corrected chi connectivity index (χ3v) is 7.97. The minimum Gasteiger partial charge on any atom is -0.457 e. The van der Waals surface area contributed by atoms with Crippen molar-refractivity contribution in [1.29, 1.82) is 0 Å². The molecule has 0 fully saturated rings. The van der Waals surface area contributed by atoms with Gasteiger partial charge in [0.05, 0.1) is 6.61 Å². The maximum atomic E-state index is 12.7. The molecule has 0 heterocycles. The molecule has 0 aliphatic heterocycles. The van der Waals surface area contributed by atoms with Crippen molar-refractivity contribution in [3.05, 3.63) is 12.2 Å². The largest absolute Gasteiger partial charge is 0.457 e. The number of Topliss-reactive ketones (excluding diaryl/α,β-unsaturated/α-hetero) is 1. The van der Waals surface area contributed by atoms with Gasteiger partial charge in [0.25, 0.3) is 0 Å². The molecule has 3 N–H and O–H groups in total. The van der Waals surface area contributed by atoms with Crippen LogP contribution in [0, 0.1) is 0 Å². The molecule has 8 heteroatoms. The molecule has 0 spiro atoms. The number of allylic oxidation sites excluding steroid dienone is 2. The van der Waals surface area contributed by atoms with Crippen LogP contribution in [0.1, 0.15) is 168 Å². The quantitative estimate of drug-likeness (QED) is 0.0394. The van der Waals surface area contributed by atoms with E-state index in [4.69, 9.17) is 9.47 Å². The Hall–Kier alpha value is -1.77. The molecule has 0 aromatic heterocycles. The first-order chi connectivity index (χ1) is 21.4. The van der Waals surface area contributed by atoms with Gasteiger partial charge in [-0.15, -0.1) is 0 Å². The minimum absolute atomic E-state index is 0.0717. The van der Waals surface area contributed by atoms with E-state index in [0.29, 0.717) is 12.8 Å². The molecule has 0 rings (SSSR count). The van der Waals surface area contributed by atoms with Crippen LogP contribution in [0.4, 0.5) is 0 Å². The average Bonchev–Trinajstić information content (AvgIpc) is 3.02. The second kappa shape index (κ2) is 31.2. The normalized spacial score (nSPS) is 13.6. The standard InChI is InChI=1S/C36H66O8/c1-3-5-7-9-11-13-14-15-16-17-18-20-22-24-26-28-34(41)44-36(35(42)31(38)29-37)32(39)30-43-33(40)27-25-23-21-19-12-10-8-6-4-2/h15-16,31,35-38,42H,3-14,17-30H2,1-2H3/b16-15-/t31-,35+,36+/m1/s1. The van der Waals surface area contributed by atoms with Crippen LogP contribution in [-0.4, -0.2) is 64.6 Å². The zero-order valence-corrected chi connectivity index (χ0v) is 28.2. The Bertz CT molecular complexity index is 723. The number of hydrogen-bond donors (Lipinski definition) is 3. The van der Waals surface area contributed by atoms with E-state index in [1.54, 1.807) is 0 Å². The van der Waals surface area contributed by atoms with Crippen molar-refractivity contribution in [2.75, 3.05) is 13.2 Å². The van der Waals surface area contributed by atoms with Crippen molar-refractivity contribution < 1.29 is 39.2 Å². The van der Waals surface area contributed by atoms with Gasteiger partial charge in [0.2, 0.25) is 5.78 Å². The van der Waals surface area contributed by atoms with Crippen molar-refractivity contribution in [3.63, 3.8) is 0 Å². The number of unbranched alkanes of at least 4 members (excludes halogenated alkanes) is 19. The Morgan fingerprint density at radius 3 is 1.45 bits per heavy atom. The van der Waals surface area contributed by atoms with Crippen LogP contribution in [0.5, 0.6) is 0 Å². The lowest BCUT2D eigenvalue weighted by Gasteiger charge is -2.24. The molecule has 0 aliphatic carbocycles. The van der Waals surface area contributed by atoms with E-state index in [9.17, 15) is 29.7 Å². The molecule has 44 heavy (non-hydrogen) atoms. The van der Waals surface area contributed by atoms with E-state index in [0.717, 1.165) is 57.8 Å². The van der Waals surface area contributed by atoms with Crippen molar-refractivity contribution in [2.24, 2.45) is 0 Å². The first-order valence-electron chi connectivity index (χ1n) is 17.9. The van der Waals surface area contributed by atoms with E-state index in [-0.39, 0.29) is 12.8 Å². The molecule has 0 aliphatic rings. The maximum Gasteiger partial charge on any atom is 0.306 e. The molecule has 0 amide bonds. The molecule has 0 bridgehead atoms. The van der Waals surface area contributed by atoms with Gasteiger partial charge in [0.1, 0.15) is 12.2 Å². The summed E-state index contributed by atoms with van der Waals surface area (Å²) in [5.41, 5.74) is 0. The topological polar surface area (TPSA) is 130 Å². The number of carbonyl (C=O) groups is 3. The smallest absolute Gasteiger partial charge is 0.306 e. The van der Waals surface area contributed by atoms with Crippen LogP contribution in [-0.2, 0) is 23.9 Å². The van der Waals surface area contributed by atoms with Crippen molar-refractivity contribution in [3.8, 4) is 0 Å².